The first kappa shape index (κ1) is 20.8. The van der Waals surface area contributed by atoms with Crippen molar-refractivity contribution < 1.29 is 17.9 Å². The second-order valence-electron chi connectivity index (χ2n) is 8.14. The lowest BCUT2D eigenvalue weighted by Gasteiger charge is -2.45. The molecule has 3 rings (SSSR count). The number of hydrogen-bond acceptors (Lipinski definition) is 3. The maximum atomic E-state index is 13.3. The van der Waals surface area contributed by atoms with E-state index in [-0.39, 0.29) is 11.0 Å². The molecule has 0 spiro atoms. The Hall–Kier alpha value is -1.92. The van der Waals surface area contributed by atoms with Crippen LogP contribution in [0.2, 0.25) is 0 Å². The van der Waals surface area contributed by atoms with E-state index in [4.69, 9.17) is 4.74 Å². The van der Waals surface area contributed by atoms with Crippen molar-refractivity contribution in [1.82, 2.24) is 10.3 Å². The molecule has 1 N–H and O–H groups in total. The molecule has 1 aliphatic rings. The lowest BCUT2D eigenvalue weighted by molar-refractivity contribution is -0.137. The number of rotatable bonds is 6. The molecule has 1 aliphatic heterocycles. The van der Waals surface area contributed by atoms with Crippen LogP contribution in [0.1, 0.15) is 49.9 Å². The van der Waals surface area contributed by atoms with Gasteiger partial charge in [0.2, 0.25) is 0 Å². The second kappa shape index (κ2) is 8.21. The summed E-state index contributed by atoms with van der Waals surface area (Å²) in [4.78, 5) is 4.29. The van der Waals surface area contributed by atoms with Crippen LogP contribution in [0.25, 0.3) is 0 Å². The summed E-state index contributed by atoms with van der Waals surface area (Å²) in [5, 5.41) is 3.39. The van der Waals surface area contributed by atoms with Gasteiger partial charge in [0.25, 0.3) is 0 Å². The summed E-state index contributed by atoms with van der Waals surface area (Å²) in [7, 11) is 0. The minimum absolute atomic E-state index is 0.347. The third kappa shape index (κ3) is 5.11. The standard InChI is InChI=1S/C22H27F3N2O/c1-20(2)16-21(10-13-28-20,9-12-26-15-19-8-3-4-11-27-19)17-6-5-7-18(14-17)22(23,24)25/h3-8,11,14,26H,9-10,12-13,15-16H2,1-2H3/t21-/m0/s1. The zero-order valence-electron chi connectivity index (χ0n) is 16.4. The molecule has 1 aromatic heterocycles. The van der Waals surface area contributed by atoms with E-state index < -0.39 is 11.7 Å². The molecule has 2 aromatic rings. The topological polar surface area (TPSA) is 34.2 Å². The van der Waals surface area contributed by atoms with Crippen LogP contribution in [-0.2, 0) is 22.9 Å². The Labute approximate surface area is 164 Å². The molecule has 0 aliphatic carbocycles. The highest BCUT2D eigenvalue weighted by Gasteiger charge is 2.42. The molecule has 152 valence electrons. The first-order valence-electron chi connectivity index (χ1n) is 9.63. The summed E-state index contributed by atoms with van der Waals surface area (Å²) >= 11 is 0. The number of nitrogens with one attached hydrogen (secondary N) is 1. The van der Waals surface area contributed by atoms with E-state index in [2.05, 4.69) is 10.3 Å². The predicted molar refractivity (Wildman–Crippen MR) is 103 cm³/mol. The Balaban J connectivity index is 1.78. The van der Waals surface area contributed by atoms with Crippen LogP contribution in [0.3, 0.4) is 0 Å². The smallest absolute Gasteiger partial charge is 0.376 e. The van der Waals surface area contributed by atoms with Crippen LogP contribution in [-0.4, -0.2) is 23.7 Å². The normalized spacial score (nSPS) is 22.2. The van der Waals surface area contributed by atoms with Gasteiger partial charge >= 0.3 is 6.18 Å². The summed E-state index contributed by atoms with van der Waals surface area (Å²) in [5.74, 6) is 0. The fourth-order valence-corrected chi connectivity index (χ4v) is 4.15. The number of ether oxygens (including phenoxy) is 1. The van der Waals surface area contributed by atoms with Crippen molar-refractivity contribution in [3.05, 3.63) is 65.5 Å². The van der Waals surface area contributed by atoms with Gasteiger partial charge in [-0.15, -0.1) is 0 Å². The van der Waals surface area contributed by atoms with E-state index in [9.17, 15) is 13.2 Å². The van der Waals surface area contributed by atoms with Crippen molar-refractivity contribution >= 4 is 0 Å². The summed E-state index contributed by atoms with van der Waals surface area (Å²) in [6, 6.07) is 11.6. The SMILES string of the molecule is CC1(C)C[C@@](CCNCc2ccccn2)(c2cccc(C(F)(F)F)c2)CCO1. The molecule has 1 saturated heterocycles. The molecular weight excluding hydrogens is 365 g/mol. The van der Waals surface area contributed by atoms with Gasteiger partial charge in [-0.3, -0.25) is 4.98 Å². The van der Waals surface area contributed by atoms with Gasteiger partial charge in [-0.2, -0.15) is 13.2 Å². The number of alkyl halides is 3. The van der Waals surface area contributed by atoms with Crippen LogP contribution in [0.15, 0.2) is 48.7 Å². The highest BCUT2D eigenvalue weighted by molar-refractivity contribution is 5.33. The maximum Gasteiger partial charge on any atom is 0.416 e. The zero-order valence-corrected chi connectivity index (χ0v) is 16.4. The van der Waals surface area contributed by atoms with Gasteiger partial charge in [-0.1, -0.05) is 24.3 Å². The zero-order chi connectivity index (χ0) is 20.3. The van der Waals surface area contributed by atoms with E-state index in [1.165, 1.54) is 12.1 Å². The molecule has 28 heavy (non-hydrogen) atoms. The van der Waals surface area contributed by atoms with Crippen LogP contribution in [0, 0.1) is 0 Å². The lowest BCUT2D eigenvalue weighted by Crippen LogP contribution is -2.45. The monoisotopic (exact) mass is 392 g/mol. The molecule has 2 heterocycles. The number of hydrogen-bond donors (Lipinski definition) is 1. The lowest BCUT2D eigenvalue weighted by atomic mass is 9.67. The quantitative estimate of drug-likeness (QED) is 0.694. The van der Waals surface area contributed by atoms with Crippen molar-refractivity contribution in [2.24, 2.45) is 0 Å². The number of pyridine rings is 1. The molecule has 1 aromatic carbocycles. The van der Waals surface area contributed by atoms with E-state index in [1.807, 2.05) is 38.1 Å². The van der Waals surface area contributed by atoms with Gasteiger partial charge in [0.15, 0.2) is 0 Å². The predicted octanol–water partition coefficient (Wildman–Crippen LogP) is 5.11. The van der Waals surface area contributed by atoms with Crippen LogP contribution in [0.5, 0.6) is 0 Å². The minimum atomic E-state index is -4.34. The Bertz CT molecular complexity index is 777. The second-order valence-corrected chi connectivity index (χ2v) is 8.14. The van der Waals surface area contributed by atoms with Gasteiger partial charge < -0.3 is 10.1 Å². The van der Waals surface area contributed by atoms with Gasteiger partial charge in [0, 0.05) is 24.8 Å². The minimum Gasteiger partial charge on any atom is -0.376 e. The molecule has 1 fully saturated rings. The Kier molecular flexibility index (Phi) is 6.10. The maximum absolute atomic E-state index is 13.3. The van der Waals surface area contributed by atoms with Gasteiger partial charge in [-0.05, 0) is 63.4 Å². The fraction of sp³-hybridized carbons (Fsp3) is 0.500. The van der Waals surface area contributed by atoms with Crippen molar-refractivity contribution in [2.45, 2.75) is 56.8 Å². The fourth-order valence-electron chi connectivity index (χ4n) is 4.15. The third-order valence-corrected chi connectivity index (χ3v) is 5.45. The largest absolute Gasteiger partial charge is 0.416 e. The first-order chi connectivity index (χ1) is 13.2. The van der Waals surface area contributed by atoms with E-state index in [1.54, 1.807) is 6.20 Å². The Morgan fingerprint density at radius 3 is 2.64 bits per heavy atom. The van der Waals surface area contributed by atoms with Gasteiger partial charge in [-0.25, -0.2) is 0 Å². The number of halogens is 3. The molecule has 3 nitrogen and oxygen atoms in total. The van der Waals surface area contributed by atoms with Crippen LogP contribution in [0.4, 0.5) is 13.2 Å². The van der Waals surface area contributed by atoms with E-state index in [0.717, 1.165) is 23.7 Å². The summed E-state index contributed by atoms with van der Waals surface area (Å²) in [6.07, 6.45) is -0.444. The van der Waals surface area contributed by atoms with E-state index >= 15 is 0 Å². The summed E-state index contributed by atoms with van der Waals surface area (Å²) < 4.78 is 45.6. The Morgan fingerprint density at radius 2 is 1.96 bits per heavy atom. The average Bonchev–Trinajstić information content (AvgIpc) is 2.65. The van der Waals surface area contributed by atoms with E-state index in [0.29, 0.717) is 32.5 Å². The molecule has 1 atom stereocenters. The van der Waals surface area contributed by atoms with Crippen molar-refractivity contribution in [3.63, 3.8) is 0 Å². The molecular formula is C22H27F3N2O. The molecule has 0 amide bonds. The highest BCUT2D eigenvalue weighted by atomic mass is 19.4. The van der Waals surface area contributed by atoms with Gasteiger partial charge in [0.05, 0.1) is 16.9 Å². The summed E-state index contributed by atoms with van der Waals surface area (Å²) in [6.45, 7) is 5.90. The number of aromatic nitrogens is 1. The molecule has 6 heteroatoms. The highest BCUT2D eigenvalue weighted by Crippen LogP contribution is 2.45. The molecule has 0 bridgehead atoms. The Morgan fingerprint density at radius 1 is 1.14 bits per heavy atom. The van der Waals surface area contributed by atoms with Crippen molar-refractivity contribution in [1.29, 1.82) is 0 Å². The molecule has 0 unspecified atom stereocenters. The summed E-state index contributed by atoms with van der Waals surface area (Å²) in [5.41, 5.74) is 0.393. The van der Waals surface area contributed by atoms with Crippen molar-refractivity contribution in [2.75, 3.05) is 13.2 Å². The van der Waals surface area contributed by atoms with Crippen LogP contribution < -0.4 is 5.32 Å². The van der Waals surface area contributed by atoms with Gasteiger partial charge in [0.1, 0.15) is 0 Å². The van der Waals surface area contributed by atoms with Crippen molar-refractivity contribution in [3.8, 4) is 0 Å². The third-order valence-electron chi connectivity index (χ3n) is 5.45. The molecule has 0 radical (unpaired) electrons. The number of nitrogens with zero attached hydrogens (tertiary/aromatic N) is 1. The van der Waals surface area contributed by atoms with Crippen LogP contribution >= 0.6 is 0 Å². The average molecular weight is 392 g/mol. The molecule has 0 saturated carbocycles. The number of benzene rings is 1. The first-order valence-corrected chi connectivity index (χ1v) is 9.63.